The van der Waals surface area contributed by atoms with E-state index in [0.29, 0.717) is 43.9 Å². The number of para-hydroxylation sites is 1. The number of carbonyl (C=O) groups is 1. The summed E-state index contributed by atoms with van der Waals surface area (Å²) < 4.78 is 5.39. The van der Waals surface area contributed by atoms with Crippen LogP contribution in [0.25, 0.3) is 0 Å². The van der Waals surface area contributed by atoms with Crippen molar-refractivity contribution in [2.75, 3.05) is 36.5 Å². The Bertz CT molecular complexity index is 702. The van der Waals surface area contributed by atoms with E-state index in [9.17, 15) is 4.79 Å². The zero-order valence-electron chi connectivity index (χ0n) is 14.0. The molecule has 25 heavy (non-hydrogen) atoms. The molecule has 0 aromatic heterocycles. The Morgan fingerprint density at radius 3 is 2.80 bits per heavy atom. The molecule has 3 rings (SSSR count). The number of terminal acetylenes is 1. The molecule has 1 aromatic rings. The first-order valence-corrected chi connectivity index (χ1v) is 8.80. The van der Waals surface area contributed by atoms with E-state index >= 15 is 0 Å². The fraction of sp³-hybridized carbons (Fsp3) is 0.500. The maximum Gasteiger partial charge on any atom is 0.224 e. The third-order valence-corrected chi connectivity index (χ3v) is 4.70. The molecule has 0 spiro atoms. The van der Waals surface area contributed by atoms with Crippen LogP contribution < -0.4 is 10.2 Å². The molecule has 7 heteroatoms. The molecule has 1 saturated heterocycles. The van der Waals surface area contributed by atoms with Gasteiger partial charge in [-0.2, -0.15) is 10.2 Å². The minimum Gasteiger partial charge on any atom is -0.378 e. The molecule has 1 fully saturated rings. The van der Waals surface area contributed by atoms with Crippen LogP contribution in [0.5, 0.6) is 0 Å². The molecule has 2 aliphatic heterocycles. The van der Waals surface area contributed by atoms with Crippen LogP contribution in [0.2, 0.25) is 5.02 Å². The zero-order valence-corrected chi connectivity index (χ0v) is 14.8. The highest BCUT2D eigenvalue weighted by Crippen LogP contribution is 2.38. The van der Waals surface area contributed by atoms with Crippen molar-refractivity contribution >= 4 is 28.9 Å². The van der Waals surface area contributed by atoms with Gasteiger partial charge in [0.25, 0.3) is 0 Å². The van der Waals surface area contributed by atoms with Gasteiger partial charge < -0.3 is 15.0 Å². The Morgan fingerprint density at radius 2 is 2.12 bits per heavy atom. The number of hydrogen-bond acceptors (Lipinski definition) is 5. The Hall–Kier alpha value is -2.10. The summed E-state index contributed by atoms with van der Waals surface area (Å²) in [4.78, 5) is 14.5. The summed E-state index contributed by atoms with van der Waals surface area (Å²) >= 11 is 6.38. The van der Waals surface area contributed by atoms with Crippen LogP contribution in [0.15, 0.2) is 28.4 Å². The number of ether oxygens (including phenoxy) is 1. The van der Waals surface area contributed by atoms with Gasteiger partial charge in [0, 0.05) is 38.8 Å². The molecule has 0 unspecified atom stereocenters. The Morgan fingerprint density at radius 1 is 1.36 bits per heavy atom. The third-order valence-electron chi connectivity index (χ3n) is 4.39. The molecule has 1 aromatic carbocycles. The number of anilines is 2. The first-order valence-electron chi connectivity index (χ1n) is 8.42. The van der Waals surface area contributed by atoms with E-state index in [1.54, 1.807) is 0 Å². The van der Waals surface area contributed by atoms with Crippen LogP contribution in [0.4, 0.5) is 11.4 Å². The highest BCUT2D eigenvalue weighted by molar-refractivity contribution is 6.34. The van der Waals surface area contributed by atoms with Crippen LogP contribution in [0.3, 0.4) is 0 Å². The highest BCUT2D eigenvalue weighted by atomic mass is 35.5. The lowest BCUT2D eigenvalue weighted by atomic mass is 10.0. The Kier molecular flexibility index (Phi) is 5.57. The van der Waals surface area contributed by atoms with E-state index in [0.717, 1.165) is 24.5 Å². The van der Waals surface area contributed by atoms with Gasteiger partial charge in [0.1, 0.15) is 0 Å². The number of hydrogen-bond donors (Lipinski definition) is 1. The molecule has 2 aliphatic rings. The maximum atomic E-state index is 12.4. The van der Waals surface area contributed by atoms with Crippen molar-refractivity contribution in [2.24, 2.45) is 10.2 Å². The number of carbonyl (C=O) groups excluding carboxylic acids is 1. The lowest BCUT2D eigenvalue weighted by molar-refractivity contribution is -0.116. The van der Waals surface area contributed by atoms with Crippen LogP contribution in [0.1, 0.15) is 25.7 Å². The van der Waals surface area contributed by atoms with E-state index in [1.807, 2.05) is 18.2 Å². The van der Waals surface area contributed by atoms with Gasteiger partial charge in [-0.05, 0) is 12.1 Å². The maximum absolute atomic E-state index is 12.4. The third kappa shape index (κ3) is 4.50. The van der Waals surface area contributed by atoms with Gasteiger partial charge in [-0.25, -0.2) is 0 Å². The predicted molar refractivity (Wildman–Crippen MR) is 98.0 cm³/mol. The first kappa shape index (κ1) is 17.7. The second-order valence-electron chi connectivity index (χ2n) is 6.17. The lowest BCUT2D eigenvalue weighted by Crippen LogP contribution is -2.37. The van der Waals surface area contributed by atoms with Gasteiger partial charge >= 0.3 is 0 Å². The Balaban J connectivity index is 1.61. The van der Waals surface area contributed by atoms with Gasteiger partial charge in [0.15, 0.2) is 5.66 Å². The van der Waals surface area contributed by atoms with Crippen molar-refractivity contribution in [1.29, 1.82) is 0 Å². The SMILES string of the molecule is C#CCCC1(CCC(=O)Nc2cccc(Cl)c2N2CCOCC2)N=N1. The number of nitrogens with one attached hydrogen (secondary N) is 1. The number of amides is 1. The standard InChI is InChI=1S/C18H21ClN4O2/c1-2-3-8-18(21-22-18)9-7-16(24)20-15-6-4-5-14(19)17(15)23-10-12-25-13-11-23/h1,4-6H,3,7-13H2,(H,20,24). The molecule has 2 heterocycles. The normalized spacial score (nSPS) is 17.8. The first-order chi connectivity index (χ1) is 12.1. The molecule has 0 aliphatic carbocycles. The molecule has 0 atom stereocenters. The number of halogens is 1. The van der Waals surface area contributed by atoms with E-state index in [2.05, 4.69) is 26.4 Å². The van der Waals surface area contributed by atoms with Gasteiger partial charge in [-0.1, -0.05) is 17.7 Å². The average Bonchev–Trinajstić information content (AvgIpc) is 3.40. The minimum absolute atomic E-state index is 0.0749. The molecule has 1 amide bonds. The summed E-state index contributed by atoms with van der Waals surface area (Å²) in [6.07, 6.45) is 7.52. The molecule has 1 N–H and O–H groups in total. The van der Waals surface area contributed by atoms with Gasteiger partial charge in [0.05, 0.1) is 29.6 Å². The monoisotopic (exact) mass is 360 g/mol. The highest BCUT2D eigenvalue weighted by Gasteiger charge is 2.39. The van der Waals surface area contributed by atoms with Gasteiger partial charge in [0.2, 0.25) is 5.91 Å². The molecular weight excluding hydrogens is 340 g/mol. The summed E-state index contributed by atoms with van der Waals surface area (Å²) in [5.41, 5.74) is 1.14. The van der Waals surface area contributed by atoms with E-state index < -0.39 is 5.66 Å². The lowest BCUT2D eigenvalue weighted by Gasteiger charge is -2.31. The fourth-order valence-electron chi connectivity index (χ4n) is 2.92. The van der Waals surface area contributed by atoms with Crippen LogP contribution >= 0.6 is 11.6 Å². The number of nitrogens with zero attached hydrogens (tertiary/aromatic N) is 3. The zero-order chi connectivity index (χ0) is 17.7. The van der Waals surface area contributed by atoms with Crippen LogP contribution in [0, 0.1) is 12.3 Å². The second-order valence-corrected chi connectivity index (χ2v) is 6.58. The quantitative estimate of drug-likeness (QED) is 0.757. The minimum atomic E-state index is -0.439. The van der Waals surface area contributed by atoms with Crippen molar-refractivity contribution in [2.45, 2.75) is 31.3 Å². The predicted octanol–water partition coefficient (Wildman–Crippen LogP) is 3.47. The molecule has 6 nitrogen and oxygen atoms in total. The fourth-order valence-corrected chi connectivity index (χ4v) is 3.21. The summed E-state index contributed by atoms with van der Waals surface area (Å²) in [5.74, 6) is 2.52. The van der Waals surface area contributed by atoms with Crippen LogP contribution in [-0.4, -0.2) is 37.9 Å². The molecule has 0 bridgehead atoms. The van der Waals surface area contributed by atoms with E-state index in [-0.39, 0.29) is 5.91 Å². The number of benzene rings is 1. The molecule has 0 saturated carbocycles. The summed E-state index contributed by atoms with van der Waals surface area (Å²) in [5, 5.41) is 11.7. The van der Waals surface area contributed by atoms with Crippen molar-refractivity contribution in [3.63, 3.8) is 0 Å². The molecule has 0 radical (unpaired) electrons. The smallest absolute Gasteiger partial charge is 0.224 e. The largest absolute Gasteiger partial charge is 0.378 e. The number of morpholine rings is 1. The van der Waals surface area contributed by atoms with E-state index in [4.69, 9.17) is 22.8 Å². The topological polar surface area (TPSA) is 66.3 Å². The van der Waals surface area contributed by atoms with Gasteiger partial charge in [-0.15, -0.1) is 12.3 Å². The second kappa shape index (κ2) is 7.85. The summed E-state index contributed by atoms with van der Waals surface area (Å²) in [6.45, 7) is 2.80. The summed E-state index contributed by atoms with van der Waals surface area (Å²) in [7, 11) is 0. The van der Waals surface area contributed by atoms with Crippen LogP contribution in [-0.2, 0) is 9.53 Å². The van der Waals surface area contributed by atoms with E-state index in [1.165, 1.54) is 0 Å². The molecular formula is C18H21ClN4O2. The van der Waals surface area contributed by atoms with Crippen molar-refractivity contribution < 1.29 is 9.53 Å². The Labute approximate surface area is 152 Å². The van der Waals surface area contributed by atoms with Crippen molar-refractivity contribution in [3.8, 4) is 12.3 Å². The van der Waals surface area contributed by atoms with Crippen molar-refractivity contribution in [3.05, 3.63) is 23.2 Å². The summed E-state index contributed by atoms with van der Waals surface area (Å²) in [6, 6.07) is 5.54. The number of rotatable bonds is 7. The van der Waals surface area contributed by atoms with Gasteiger partial charge in [-0.3, -0.25) is 4.79 Å². The van der Waals surface area contributed by atoms with Crippen molar-refractivity contribution in [1.82, 2.24) is 0 Å². The molecule has 132 valence electrons. The average molecular weight is 361 g/mol.